The Labute approximate surface area is 156 Å². The van der Waals surface area contributed by atoms with Crippen LogP contribution in [0.3, 0.4) is 0 Å². The second-order valence-electron chi connectivity index (χ2n) is 6.23. The maximum atomic E-state index is 12.8. The normalized spacial score (nSPS) is 14.3. The van der Waals surface area contributed by atoms with E-state index in [1.165, 1.54) is 0 Å². The van der Waals surface area contributed by atoms with Crippen LogP contribution in [-0.4, -0.2) is 35.8 Å². The summed E-state index contributed by atoms with van der Waals surface area (Å²) >= 11 is 0. The number of aromatic nitrogens is 3. The highest BCUT2D eigenvalue weighted by molar-refractivity contribution is 7.90. The average molecular weight is 383 g/mol. The molecule has 8 heteroatoms. The lowest BCUT2D eigenvalue weighted by atomic mass is 10.1. The van der Waals surface area contributed by atoms with Crippen molar-refractivity contribution in [3.63, 3.8) is 0 Å². The van der Waals surface area contributed by atoms with E-state index in [1.807, 2.05) is 13.0 Å². The van der Waals surface area contributed by atoms with Gasteiger partial charge in [0, 0.05) is 17.3 Å². The van der Waals surface area contributed by atoms with Crippen LogP contribution in [0.2, 0.25) is 0 Å². The lowest BCUT2D eigenvalue weighted by molar-refractivity contribution is 0.0518. The van der Waals surface area contributed by atoms with E-state index in [2.05, 4.69) is 10.1 Å². The highest BCUT2D eigenvalue weighted by atomic mass is 32.2. The van der Waals surface area contributed by atoms with Crippen LogP contribution in [-0.2, 0) is 20.3 Å². The van der Waals surface area contributed by atoms with E-state index in [4.69, 9.17) is 4.74 Å². The lowest BCUT2D eigenvalue weighted by Crippen LogP contribution is -2.16. The zero-order chi connectivity index (χ0) is 19.2. The molecule has 2 aromatic heterocycles. The van der Waals surface area contributed by atoms with Gasteiger partial charge in [-0.15, -0.1) is 0 Å². The molecule has 0 saturated carbocycles. The molecule has 0 atom stereocenters. The first-order chi connectivity index (χ1) is 12.9. The van der Waals surface area contributed by atoms with Crippen LogP contribution >= 0.6 is 0 Å². The summed E-state index contributed by atoms with van der Waals surface area (Å²) in [5, 5.41) is 4.44. The first-order valence-electron chi connectivity index (χ1n) is 8.46. The average Bonchev–Trinajstić information content (AvgIpc) is 3.01. The van der Waals surface area contributed by atoms with Crippen LogP contribution in [0.25, 0.3) is 16.9 Å². The Morgan fingerprint density at radius 1 is 1.26 bits per heavy atom. The Kier molecular flexibility index (Phi) is 4.07. The van der Waals surface area contributed by atoms with E-state index in [1.54, 1.807) is 48.3 Å². The fourth-order valence-corrected chi connectivity index (χ4v) is 4.87. The molecule has 0 amide bonds. The summed E-state index contributed by atoms with van der Waals surface area (Å²) in [6.45, 7) is 3.77. The molecule has 3 aromatic rings. The van der Waals surface area contributed by atoms with Gasteiger partial charge in [0.25, 0.3) is 0 Å². The van der Waals surface area contributed by atoms with Gasteiger partial charge in [-0.2, -0.15) is 5.10 Å². The number of carbonyl (C=O) groups excluding carboxylic acids is 1. The van der Waals surface area contributed by atoms with Gasteiger partial charge in [0.1, 0.15) is 0 Å². The lowest BCUT2D eigenvalue weighted by Gasteiger charge is -2.19. The third-order valence-corrected chi connectivity index (χ3v) is 6.20. The number of carbonyl (C=O) groups is 1. The van der Waals surface area contributed by atoms with Crippen molar-refractivity contribution >= 4 is 15.8 Å². The summed E-state index contributed by atoms with van der Waals surface area (Å²) in [7, 11) is -3.58. The van der Waals surface area contributed by atoms with Gasteiger partial charge in [0.2, 0.25) is 0 Å². The van der Waals surface area contributed by atoms with Crippen LogP contribution in [0, 0.1) is 6.92 Å². The molecule has 4 rings (SSSR count). The minimum atomic E-state index is -3.58. The van der Waals surface area contributed by atoms with E-state index in [-0.39, 0.29) is 22.9 Å². The maximum Gasteiger partial charge on any atom is 0.359 e. The second kappa shape index (κ2) is 6.31. The van der Waals surface area contributed by atoms with Crippen molar-refractivity contribution in [1.82, 2.24) is 14.8 Å². The molecule has 138 valence electrons. The number of pyridine rings is 1. The van der Waals surface area contributed by atoms with Gasteiger partial charge in [-0.05, 0) is 31.5 Å². The summed E-state index contributed by atoms with van der Waals surface area (Å²) in [6.07, 6.45) is 3.31. The molecule has 0 spiro atoms. The van der Waals surface area contributed by atoms with Crippen molar-refractivity contribution in [1.29, 1.82) is 0 Å². The third-order valence-electron chi connectivity index (χ3n) is 4.50. The molecule has 3 heterocycles. The van der Waals surface area contributed by atoms with E-state index in [9.17, 15) is 13.2 Å². The van der Waals surface area contributed by atoms with Gasteiger partial charge < -0.3 is 4.74 Å². The molecular formula is C19H17N3O4S. The van der Waals surface area contributed by atoms with Crippen molar-refractivity contribution in [2.75, 3.05) is 6.61 Å². The van der Waals surface area contributed by atoms with E-state index in [0.717, 1.165) is 5.56 Å². The number of aryl methyl sites for hydroxylation is 1. The molecule has 1 aliphatic heterocycles. The molecule has 0 radical (unpaired) electrons. The summed E-state index contributed by atoms with van der Waals surface area (Å²) in [6, 6.07) is 8.58. The Hall–Kier alpha value is -3.00. The van der Waals surface area contributed by atoms with Crippen LogP contribution < -0.4 is 0 Å². The molecule has 1 aromatic carbocycles. The second-order valence-corrected chi connectivity index (χ2v) is 8.18. The van der Waals surface area contributed by atoms with Gasteiger partial charge in [-0.25, -0.2) is 17.9 Å². The number of fused-ring (bicyclic) bond motifs is 3. The van der Waals surface area contributed by atoms with Gasteiger partial charge >= 0.3 is 5.97 Å². The first-order valence-corrected chi connectivity index (χ1v) is 10.1. The van der Waals surface area contributed by atoms with Crippen molar-refractivity contribution < 1.29 is 17.9 Å². The SMILES string of the molecule is CCOC(=O)c1nn(-c2cnccc2C)c2c1CS(=O)(=O)c1ccccc1-2. The number of benzene rings is 1. The molecule has 0 fully saturated rings. The van der Waals surface area contributed by atoms with Gasteiger partial charge in [-0.3, -0.25) is 4.98 Å². The molecule has 0 N–H and O–H groups in total. The topological polar surface area (TPSA) is 91.2 Å². The quantitative estimate of drug-likeness (QED) is 0.646. The monoisotopic (exact) mass is 383 g/mol. The number of nitrogens with zero attached hydrogens (tertiary/aromatic N) is 3. The summed E-state index contributed by atoms with van der Waals surface area (Å²) in [5.41, 5.74) is 3.06. The molecule has 0 unspecified atom stereocenters. The minimum absolute atomic E-state index is 0.0215. The fraction of sp³-hybridized carbons (Fsp3) is 0.211. The number of hydrogen-bond donors (Lipinski definition) is 0. The van der Waals surface area contributed by atoms with Crippen molar-refractivity contribution in [3.8, 4) is 16.9 Å². The van der Waals surface area contributed by atoms with Crippen LogP contribution in [0.4, 0.5) is 0 Å². The summed E-state index contributed by atoms with van der Waals surface area (Å²) < 4.78 is 32.3. The summed E-state index contributed by atoms with van der Waals surface area (Å²) in [5.74, 6) is -0.934. The van der Waals surface area contributed by atoms with Gasteiger partial charge in [0.15, 0.2) is 15.5 Å². The predicted octanol–water partition coefficient (Wildman–Crippen LogP) is 2.71. The third kappa shape index (κ3) is 2.73. The minimum Gasteiger partial charge on any atom is -0.461 e. The molecule has 0 aliphatic carbocycles. The Morgan fingerprint density at radius 2 is 2.04 bits per heavy atom. The maximum absolute atomic E-state index is 12.8. The zero-order valence-corrected chi connectivity index (χ0v) is 15.7. The molecule has 7 nitrogen and oxygen atoms in total. The smallest absolute Gasteiger partial charge is 0.359 e. The number of rotatable bonds is 3. The van der Waals surface area contributed by atoms with Crippen LogP contribution in [0.15, 0.2) is 47.6 Å². The van der Waals surface area contributed by atoms with Crippen LogP contribution in [0.5, 0.6) is 0 Å². The van der Waals surface area contributed by atoms with E-state index < -0.39 is 15.8 Å². The highest BCUT2D eigenvalue weighted by Gasteiger charge is 2.36. The Balaban J connectivity index is 2.08. The molecule has 1 aliphatic rings. The zero-order valence-electron chi connectivity index (χ0n) is 14.8. The summed E-state index contributed by atoms with van der Waals surface area (Å²) in [4.78, 5) is 16.8. The fourth-order valence-electron chi connectivity index (χ4n) is 3.28. The number of sulfone groups is 1. The number of hydrogen-bond acceptors (Lipinski definition) is 6. The van der Waals surface area contributed by atoms with Crippen molar-refractivity contribution in [2.24, 2.45) is 0 Å². The molecular weight excluding hydrogens is 366 g/mol. The molecule has 27 heavy (non-hydrogen) atoms. The van der Waals surface area contributed by atoms with Crippen molar-refractivity contribution in [3.05, 3.63) is 59.5 Å². The first kappa shape index (κ1) is 17.4. The number of esters is 1. The predicted molar refractivity (Wildman–Crippen MR) is 98.4 cm³/mol. The highest BCUT2D eigenvalue weighted by Crippen LogP contribution is 2.40. The van der Waals surface area contributed by atoms with E-state index >= 15 is 0 Å². The Bertz CT molecular complexity index is 1170. The van der Waals surface area contributed by atoms with Crippen LogP contribution in [0.1, 0.15) is 28.5 Å². The standard InChI is InChI=1S/C19H17N3O4S/c1-3-26-19(23)17-14-11-27(24,25)16-7-5-4-6-13(16)18(14)22(21-17)15-10-20-9-8-12(15)2/h4-10H,3,11H2,1-2H3. The van der Waals surface area contributed by atoms with Gasteiger partial charge in [-0.1, -0.05) is 18.2 Å². The largest absolute Gasteiger partial charge is 0.461 e. The van der Waals surface area contributed by atoms with Crippen molar-refractivity contribution in [2.45, 2.75) is 24.5 Å². The van der Waals surface area contributed by atoms with E-state index in [0.29, 0.717) is 22.5 Å². The molecule has 0 bridgehead atoms. The Morgan fingerprint density at radius 3 is 2.78 bits per heavy atom. The molecule has 0 saturated heterocycles. The van der Waals surface area contributed by atoms with Gasteiger partial charge in [0.05, 0.1) is 34.8 Å². The number of ether oxygens (including phenoxy) is 1.